The van der Waals surface area contributed by atoms with Gasteiger partial charge < -0.3 is 35.3 Å². The highest BCUT2D eigenvalue weighted by atomic mass is 16.6. The van der Waals surface area contributed by atoms with Crippen molar-refractivity contribution >= 4 is 22.8 Å². The van der Waals surface area contributed by atoms with E-state index in [2.05, 4.69) is 20.9 Å². The SMILES string of the molecule is C#CCOc1ccc([N+](=O)[O-])c(COc2nc(N)nc3c2ncn3[C@@H]2O[C@H](CO)[C@@H](O)[C@H]2O)c1. The van der Waals surface area contributed by atoms with Gasteiger partial charge in [0.05, 0.1) is 23.4 Å². The van der Waals surface area contributed by atoms with Crippen LogP contribution in [0.15, 0.2) is 24.5 Å². The van der Waals surface area contributed by atoms with Crippen molar-refractivity contribution in [3.8, 4) is 24.0 Å². The molecule has 34 heavy (non-hydrogen) atoms. The lowest BCUT2D eigenvalue weighted by atomic mass is 10.1. The number of fused-ring (bicyclic) bond motifs is 1. The average molecular weight is 472 g/mol. The Balaban J connectivity index is 1.64. The first kappa shape index (κ1) is 23.1. The Labute approximate surface area is 191 Å². The summed E-state index contributed by atoms with van der Waals surface area (Å²) in [5, 5.41) is 41.1. The Hall–Kier alpha value is -4.03. The maximum atomic E-state index is 11.4. The van der Waals surface area contributed by atoms with E-state index < -0.39 is 36.1 Å². The molecule has 0 amide bonds. The molecule has 3 aromatic rings. The van der Waals surface area contributed by atoms with Gasteiger partial charge in [-0.15, -0.1) is 6.42 Å². The van der Waals surface area contributed by atoms with Crippen LogP contribution >= 0.6 is 0 Å². The number of benzene rings is 1. The third-order valence-corrected chi connectivity index (χ3v) is 5.13. The maximum absolute atomic E-state index is 11.4. The maximum Gasteiger partial charge on any atom is 0.276 e. The van der Waals surface area contributed by atoms with Crippen LogP contribution in [0.3, 0.4) is 0 Å². The molecule has 0 radical (unpaired) electrons. The van der Waals surface area contributed by atoms with Crippen LogP contribution in [0.4, 0.5) is 11.6 Å². The number of hydrogen-bond acceptors (Lipinski definition) is 12. The Bertz CT molecular complexity index is 1260. The van der Waals surface area contributed by atoms with E-state index in [9.17, 15) is 25.4 Å². The lowest BCUT2D eigenvalue weighted by molar-refractivity contribution is -0.385. The summed E-state index contributed by atoms with van der Waals surface area (Å²) in [6.07, 6.45) is 1.65. The molecule has 14 nitrogen and oxygen atoms in total. The standard InChI is InChI=1S/C20H20N6O8/c1-2-5-32-11-3-4-12(26(30)31)10(6-11)8-33-18-14-17(23-20(21)24-18)25(9-22-14)19-16(29)15(28)13(7-27)34-19/h1,3-4,6,9,13,15-16,19,27-29H,5,7-8H2,(H2,21,23,24)/t13-,15-,16-,19-/m1/s1. The first-order valence-electron chi connectivity index (χ1n) is 9.93. The molecule has 0 bridgehead atoms. The molecule has 178 valence electrons. The predicted octanol–water partition coefficient (Wildman–Crippen LogP) is -0.481. The van der Waals surface area contributed by atoms with E-state index in [1.807, 2.05) is 0 Å². The fourth-order valence-corrected chi connectivity index (χ4v) is 3.52. The molecule has 1 aromatic carbocycles. The van der Waals surface area contributed by atoms with Crippen LogP contribution in [-0.2, 0) is 11.3 Å². The molecule has 1 fully saturated rings. The van der Waals surface area contributed by atoms with E-state index in [4.69, 9.17) is 26.4 Å². The molecular weight excluding hydrogens is 452 g/mol. The van der Waals surface area contributed by atoms with Crippen molar-refractivity contribution in [1.82, 2.24) is 19.5 Å². The summed E-state index contributed by atoms with van der Waals surface area (Å²) in [7, 11) is 0. The highest BCUT2D eigenvalue weighted by Gasteiger charge is 2.44. The average Bonchev–Trinajstić information content (AvgIpc) is 3.36. The molecule has 0 saturated carbocycles. The number of terminal acetylenes is 1. The van der Waals surface area contributed by atoms with Crippen LogP contribution in [0.1, 0.15) is 11.8 Å². The van der Waals surface area contributed by atoms with Crippen LogP contribution in [0.5, 0.6) is 11.6 Å². The van der Waals surface area contributed by atoms with Crippen LogP contribution in [0, 0.1) is 22.5 Å². The highest BCUT2D eigenvalue weighted by molar-refractivity contribution is 5.77. The summed E-state index contributed by atoms with van der Waals surface area (Å²) < 4.78 is 17.9. The molecular formula is C20H20N6O8. The molecule has 0 spiro atoms. The number of nitrogens with two attached hydrogens (primary N) is 1. The van der Waals surface area contributed by atoms with Gasteiger partial charge in [0.1, 0.15) is 37.3 Å². The zero-order chi connectivity index (χ0) is 24.4. The zero-order valence-corrected chi connectivity index (χ0v) is 17.5. The molecule has 14 heteroatoms. The third-order valence-electron chi connectivity index (χ3n) is 5.13. The van der Waals surface area contributed by atoms with Crippen LogP contribution in [0.2, 0.25) is 0 Å². The van der Waals surface area contributed by atoms with Crippen molar-refractivity contribution in [2.24, 2.45) is 0 Å². The van der Waals surface area contributed by atoms with E-state index in [1.165, 1.54) is 29.1 Å². The van der Waals surface area contributed by atoms with Gasteiger partial charge in [0.15, 0.2) is 17.4 Å². The normalized spacial score (nSPS) is 21.9. The Morgan fingerprint density at radius 3 is 2.76 bits per heavy atom. The minimum atomic E-state index is -1.37. The van der Waals surface area contributed by atoms with Crippen LogP contribution in [0.25, 0.3) is 11.2 Å². The summed E-state index contributed by atoms with van der Waals surface area (Å²) >= 11 is 0. The van der Waals surface area contributed by atoms with Crippen LogP contribution in [-0.4, -0.2) is 71.3 Å². The van der Waals surface area contributed by atoms with Gasteiger partial charge in [0.2, 0.25) is 11.8 Å². The summed E-state index contributed by atoms with van der Waals surface area (Å²) in [6, 6.07) is 4.11. The second kappa shape index (κ2) is 9.45. The number of hydrogen-bond donors (Lipinski definition) is 4. The predicted molar refractivity (Wildman–Crippen MR) is 115 cm³/mol. The first-order valence-corrected chi connectivity index (χ1v) is 9.93. The van der Waals surface area contributed by atoms with E-state index in [0.717, 1.165) is 0 Å². The summed E-state index contributed by atoms with van der Waals surface area (Å²) in [4.78, 5) is 23.2. The first-order chi connectivity index (χ1) is 16.3. The molecule has 1 saturated heterocycles. The fourth-order valence-electron chi connectivity index (χ4n) is 3.52. The Kier molecular flexibility index (Phi) is 6.43. The minimum absolute atomic E-state index is 0.0144. The highest BCUT2D eigenvalue weighted by Crippen LogP contribution is 2.33. The Morgan fingerprint density at radius 2 is 2.09 bits per heavy atom. The molecule has 2 aromatic heterocycles. The molecule has 5 N–H and O–H groups in total. The number of aromatic nitrogens is 4. The van der Waals surface area contributed by atoms with E-state index in [1.54, 1.807) is 0 Å². The third kappa shape index (κ3) is 4.28. The summed E-state index contributed by atoms with van der Waals surface area (Å²) in [5.74, 6) is 2.36. The number of aliphatic hydroxyl groups is 3. The van der Waals surface area contributed by atoms with Gasteiger partial charge >= 0.3 is 0 Å². The van der Waals surface area contributed by atoms with E-state index in [0.29, 0.717) is 5.75 Å². The second-order valence-electron chi connectivity index (χ2n) is 7.27. The number of ether oxygens (including phenoxy) is 3. The molecule has 0 aliphatic carbocycles. The van der Waals surface area contributed by atoms with Crippen molar-refractivity contribution in [3.63, 3.8) is 0 Å². The largest absolute Gasteiger partial charge is 0.481 e. The molecule has 4 atom stereocenters. The number of nitrogens with zero attached hydrogens (tertiary/aromatic N) is 5. The Morgan fingerprint density at radius 1 is 1.29 bits per heavy atom. The zero-order valence-electron chi connectivity index (χ0n) is 17.5. The fraction of sp³-hybridized carbons (Fsp3) is 0.350. The number of nitrogen functional groups attached to an aromatic ring is 1. The van der Waals surface area contributed by atoms with Crippen molar-refractivity contribution in [1.29, 1.82) is 0 Å². The van der Waals surface area contributed by atoms with Crippen LogP contribution < -0.4 is 15.2 Å². The number of nitro benzene ring substituents is 1. The quantitative estimate of drug-likeness (QED) is 0.187. The molecule has 1 aliphatic heterocycles. The molecule has 0 unspecified atom stereocenters. The topological polar surface area (TPSA) is 201 Å². The van der Waals surface area contributed by atoms with E-state index >= 15 is 0 Å². The number of nitro groups is 1. The smallest absolute Gasteiger partial charge is 0.276 e. The second-order valence-corrected chi connectivity index (χ2v) is 7.27. The number of anilines is 1. The van der Waals surface area contributed by atoms with Crippen molar-refractivity contribution < 1.29 is 34.5 Å². The van der Waals surface area contributed by atoms with Gasteiger partial charge in [-0.05, 0) is 12.1 Å². The minimum Gasteiger partial charge on any atom is -0.481 e. The lowest BCUT2D eigenvalue weighted by Gasteiger charge is -2.16. The number of aliphatic hydroxyl groups excluding tert-OH is 3. The monoisotopic (exact) mass is 472 g/mol. The van der Waals surface area contributed by atoms with Crippen molar-refractivity contribution in [3.05, 3.63) is 40.2 Å². The molecule has 4 rings (SSSR count). The summed E-state index contributed by atoms with van der Waals surface area (Å²) in [5.41, 5.74) is 6.05. The van der Waals surface area contributed by atoms with Gasteiger partial charge in [-0.2, -0.15) is 9.97 Å². The van der Waals surface area contributed by atoms with Gasteiger partial charge in [-0.1, -0.05) is 5.92 Å². The van der Waals surface area contributed by atoms with Gasteiger partial charge in [0, 0.05) is 6.07 Å². The van der Waals surface area contributed by atoms with Gasteiger partial charge in [-0.3, -0.25) is 14.7 Å². The van der Waals surface area contributed by atoms with E-state index in [-0.39, 0.29) is 47.5 Å². The van der Waals surface area contributed by atoms with Gasteiger partial charge in [-0.25, -0.2) is 4.98 Å². The number of imidazole rings is 1. The lowest BCUT2D eigenvalue weighted by Crippen LogP contribution is -2.33. The molecule has 3 heterocycles. The summed E-state index contributed by atoms with van der Waals surface area (Å²) in [6.45, 7) is -0.800. The molecule has 1 aliphatic rings. The van der Waals surface area contributed by atoms with Crippen molar-refractivity contribution in [2.75, 3.05) is 18.9 Å². The van der Waals surface area contributed by atoms with Crippen molar-refractivity contribution in [2.45, 2.75) is 31.1 Å². The van der Waals surface area contributed by atoms with Gasteiger partial charge in [0.25, 0.3) is 5.69 Å². The number of rotatable bonds is 8.